The Balaban J connectivity index is 1.95. The maximum Gasteiger partial charge on any atom is 0.334 e. The molecule has 96 valence electrons. The Labute approximate surface area is 104 Å². The maximum atomic E-state index is 12.0. The minimum Gasteiger partial charge on any atom is -0.479 e. The van der Waals surface area contributed by atoms with Crippen molar-refractivity contribution in [2.45, 2.75) is 12.5 Å². The summed E-state index contributed by atoms with van der Waals surface area (Å²) < 4.78 is 5.06. The standard InChI is InChI=1S/C12H14N2O4/c15-11(6-9-2-1-3-13-7-9)14-4-5-18-10(8-14)12(16)17/h1-3,7,10H,4-6,8H2,(H,16,17). The first-order chi connectivity index (χ1) is 8.66. The van der Waals surface area contributed by atoms with Crippen LogP contribution in [-0.2, 0) is 20.7 Å². The van der Waals surface area contributed by atoms with Crippen LogP contribution in [0.1, 0.15) is 5.56 Å². The number of aliphatic carboxylic acids is 1. The maximum absolute atomic E-state index is 12.0. The third kappa shape index (κ3) is 3.04. The van der Waals surface area contributed by atoms with Crippen LogP contribution in [0.2, 0.25) is 0 Å². The number of carbonyl (C=O) groups is 2. The first-order valence-corrected chi connectivity index (χ1v) is 5.68. The van der Waals surface area contributed by atoms with Crippen molar-refractivity contribution < 1.29 is 19.4 Å². The Morgan fingerprint density at radius 2 is 2.39 bits per heavy atom. The number of ether oxygens (including phenoxy) is 1. The van der Waals surface area contributed by atoms with Gasteiger partial charge in [0.1, 0.15) is 0 Å². The second-order valence-corrected chi connectivity index (χ2v) is 4.08. The molecule has 1 aliphatic heterocycles. The lowest BCUT2D eigenvalue weighted by molar-refractivity contribution is -0.159. The van der Waals surface area contributed by atoms with Gasteiger partial charge in [-0.2, -0.15) is 0 Å². The third-order valence-electron chi connectivity index (χ3n) is 2.77. The van der Waals surface area contributed by atoms with Crippen molar-refractivity contribution in [2.75, 3.05) is 19.7 Å². The molecule has 6 nitrogen and oxygen atoms in total. The van der Waals surface area contributed by atoms with Crippen LogP contribution < -0.4 is 0 Å². The van der Waals surface area contributed by atoms with Gasteiger partial charge in [0.05, 0.1) is 19.6 Å². The van der Waals surface area contributed by atoms with Crippen LogP contribution in [0.4, 0.5) is 0 Å². The molecule has 2 heterocycles. The predicted octanol–water partition coefficient (Wildman–Crippen LogP) is -0.0639. The number of aromatic nitrogens is 1. The molecule has 1 aromatic rings. The molecule has 0 bridgehead atoms. The van der Waals surface area contributed by atoms with E-state index in [-0.39, 0.29) is 25.5 Å². The molecule has 1 unspecified atom stereocenters. The van der Waals surface area contributed by atoms with Crippen molar-refractivity contribution in [3.63, 3.8) is 0 Å². The molecule has 1 atom stereocenters. The third-order valence-corrected chi connectivity index (χ3v) is 2.77. The number of nitrogens with zero attached hydrogens (tertiary/aromatic N) is 2. The van der Waals surface area contributed by atoms with Gasteiger partial charge in [0.15, 0.2) is 6.10 Å². The lowest BCUT2D eigenvalue weighted by atomic mass is 10.1. The fourth-order valence-corrected chi connectivity index (χ4v) is 1.81. The monoisotopic (exact) mass is 250 g/mol. The number of carboxylic acids is 1. The van der Waals surface area contributed by atoms with E-state index in [1.165, 1.54) is 4.90 Å². The summed E-state index contributed by atoms with van der Waals surface area (Å²) in [6.07, 6.45) is 2.59. The number of rotatable bonds is 3. The van der Waals surface area contributed by atoms with E-state index in [1.807, 2.05) is 6.07 Å². The predicted molar refractivity (Wildman–Crippen MR) is 61.9 cm³/mol. The van der Waals surface area contributed by atoms with Crippen LogP contribution in [0.3, 0.4) is 0 Å². The Bertz CT molecular complexity index is 435. The summed E-state index contributed by atoms with van der Waals surface area (Å²) in [5, 5.41) is 8.85. The molecule has 1 aliphatic rings. The van der Waals surface area contributed by atoms with E-state index in [0.717, 1.165) is 5.56 Å². The van der Waals surface area contributed by atoms with E-state index in [4.69, 9.17) is 9.84 Å². The Hall–Kier alpha value is -1.95. The van der Waals surface area contributed by atoms with E-state index in [2.05, 4.69) is 4.98 Å². The van der Waals surface area contributed by atoms with Gasteiger partial charge in [0.25, 0.3) is 0 Å². The molecule has 1 fully saturated rings. The van der Waals surface area contributed by atoms with Gasteiger partial charge < -0.3 is 14.7 Å². The van der Waals surface area contributed by atoms with Gasteiger partial charge in [-0.25, -0.2) is 4.79 Å². The number of pyridine rings is 1. The van der Waals surface area contributed by atoms with Gasteiger partial charge in [-0.3, -0.25) is 9.78 Å². The summed E-state index contributed by atoms with van der Waals surface area (Å²) in [6.45, 7) is 0.799. The molecule has 0 aromatic carbocycles. The van der Waals surface area contributed by atoms with Crippen molar-refractivity contribution >= 4 is 11.9 Å². The molecular weight excluding hydrogens is 236 g/mol. The zero-order valence-corrected chi connectivity index (χ0v) is 9.78. The van der Waals surface area contributed by atoms with Crippen molar-refractivity contribution in [1.82, 2.24) is 9.88 Å². The molecule has 0 saturated carbocycles. The lowest BCUT2D eigenvalue weighted by Gasteiger charge is -2.30. The first-order valence-electron chi connectivity index (χ1n) is 5.68. The van der Waals surface area contributed by atoms with E-state index >= 15 is 0 Å². The fraction of sp³-hybridized carbons (Fsp3) is 0.417. The molecule has 6 heteroatoms. The Morgan fingerprint density at radius 3 is 3.06 bits per heavy atom. The van der Waals surface area contributed by atoms with E-state index in [0.29, 0.717) is 6.54 Å². The van der Waals surface area contributed by atoms with Crippen LogP contribution in [0.15, 0.2) is 24.5 Å². The van der Waals surface area contributed by atoms with Crippen LogP contribution in [-0.4, -0.2) is 52.7 Å². The fourth-order valence-electron chi connectivity index (χ4n) is 1.81. The number of hydrogen-bond acceptors (Lipinski definition) is 4. The number of morpholine rings is 1. The summed E-state index contributed by atoms with van der Waals surface area (Å²) in [4.78, 5) is 28.3. The van der Waals surface area contributed by atoms with Gasteiger partial charge >= 0.3 is 5.97 Å². The summed E-state index contributed by atoms with van der Waals surface area (Å²) in [5.74, 6) is -1.13. The molecule has 0 aliphatic carbocycles. The highest BCUT2D eigenvalue weighted by atomic mass is 16.5. The lowest BCUT2D eigenvalue weighted by Crippen LogP contribution is -2.49. The second-order valence-electron chi connectivity index (χ2n) is 4.08. The molecule has 2 rings (SSSR count). The molecular formula is C12H14N2O4. The van der Waals surface area contributed by atoms with Crippen LogP contribution in [0, 0.1) is 0 Å². The summed E-state index contributed by atoms with van der Waals surface area (Å²) in [7, 11) is 0. The Kier molecular flexibility index (Phi) is 3.88. The largest absolute Gasteiger partial charge is 0.479 e. The average Bonchev–Trinajstić information content (AvgIpc) is 2.40. The zero-order chi connectivity index (χ0) is 13.0. The van der Waals surface area contributed by atoms with E-state index < -0.39 is 12.1 Å². The number of hydrogen-bond donors (Lipinski definition) is 1. The van der Waals surface area contributed by atoms with Gasteiger partial charge in [-0.05, 0) is 11.6 Å². The molecule has 18 heavy (non-hydrogen) atoms. The minimum atomic E-state index is -1.03. The average molecular weight is 250 g/mol. The highest BCUT2D eigenvalue weighted by molar-refractivity contribution is 5.80. The van der Waals surface area contributed by atoms with Crippen molar-refractivity contribution in [1.29, 1.82) is 0 Å². The topological polar surface area (TPSA) is 79.7 Å². The van der Waals surface area contributed by atoms with Crippen LogP contribution >= 0.6 is 0 Å². The van der Waals surface area contributed by atoms with Crippen molar-refractivity contribution in [2.24, 2.45) is 0 Å². The molecule has 0 spiro atoms. The molecule has 1 aromatic heterocycles. The van der Waals surface area contributed by atoms with E-state index in [1.54, 1.807) is 18.5 Å². The van der Waals surface area contributed by atoms with Crippen molar-refractivity contribution in [3.8, 4) is 0 Å². The molecule has 1 amide bonds. The highest BCUT2D eigenvalue weighted by Gasteiger charge is 2.28. The zero-order valence-electron chi connectivity index (χ0n) is 9.78. The number of amides is 1. The van der Waals surface area contributed by atoms with Gasteiger partial charge in [0, 0.05) is 18.9 Å². The Morgan fingerprint density at radius 1 is 1.56 bits per heavy atom. The summed E-state index contributed by atoms with van der Waals surface area (Å²) >= 11 is 0. The number of carboxylic acid groups (broad SMARTS) is 1. The van der Waals surface area contributed by atoms with Gasteiger partial charge in [0.2, 0.25) is 5.91 Å². The summed E-state index contributed by atoms with van der Waals surface area (Å²) in [6, 6.07) is 3.59. The van der Waals surface area contributed by atoms with Crippen LogP contribution in [0.25, 0.3) is 0 Å². The highest BCUT2D eigenvalue weighted by Crippen LogP contribution is 2.08. The normalized spacial score (nSPS) is 19.6. The minimum absolute atomic E-state index is 0.0995. The first kappa shape index (κ1) is 12.5. The summed E-state index contributed by atoms with van der Waals surface area (Å²) in [5.41, 5.74) is 0.820. The second kappa shape index (κ2) is 5.59. The quantitative estimate of drug-likeness (QED) is 0.812. The molecule has 1 N–H and O–H groups in total. The van der Waals surface area contributed by atoms with Gasteiger partial charge in [-0.1, -0.05) is 6.07 Å². The molecule has 1 saturated heterocycles. The van der Waals surface area contributed by atoms with Crippen LogP contribution in [0.5, 0.6) is 0 Å². The number of carbonyl (C=O) groups excluding carboxylic acids is 1. The van der Waals surface area contributed by atoms with Crippen molar-refractivity contribution in [3.05, 3.63) is 30.1 Å². The smallest absolute Gasteiger partial charge is 0.334 e. The SMILES string of the molecule is O=C(O)C1CN(C(=O)Cc2cccnc2)CCO1. The van der Waals surface area contributed by atoms with E-state index in [9.17, 15) is 9.59 Å². The molecule has 0 radical (unpaired) electrons. The van der Waals surface area contributed by atoms with Gasteiger partial charge in [-0.15, -0.1) is 0 Å².